The summed E-state index contributed by atoms with van der Waals surface area (Å²) in [7, 11) is 1.60. The number of benzene rings is 1. The quantitative estimate of drug-likeness (QED) is 0.683. The van der Waals surface area contributed by atoms with E-state index in [0.717, 1.165) is 11.4 Å². The fourth-order valence-electron chi connectivity index (χ4n) is 1.23. The number of ether oxygens (including phenoxy) is 1. The van der Waals surface area contributed by atoms with Crippen LogP contribution >= 0.6 is 0 Å². The van der Waals surface area contributed by atoms with Crippen LogP contribution in [0.15, 0.2) is 18.2 Å². The van der Waals surface area contributed by atoms with Crippen molar-refractivity contribution in [1.82, 2.24) is 0 Å². The van der Waals surface area contributed by atoms with Gasteiger partial charge in [0.05, 0.1) is 30.1 Å². The fourth-order valence-corrected chi connectivity index (χ4v) is 1.23. The molecule has 1 rings (SSSR count). The maximum absolute atomic E-state index is 9.61. The predicted octanol–water partition coefficient (Wildman–Crippen LogP) is 1.85. The van der Waals surface area contributed by atoms with Crippen molar-refractivity contribution in [2.45, 2.75) is 32.4 Å². The Hall–Kier alpha value is -1.42. The molecule has 16 heavy (non-hydrogen) atoms. The summed E-state index contributed by atoms with van der Waals surface area (Å²) in [5, 5.41) is 12.8. The molecule has 0 saturated heterocycles. The van der Waals surface area contributed by atoms with Crippen molar-refractivity contribution in [3.05, 3.63) is 18.2 Å². The van der Waals surface area contributed by atoms with E-state index in [9.17, 15) is 5.11 Å². The third kappa shape index (κ3) is 2.79. The van der Waals surface area contributed by atoms with E-state index >= 15 is 0 Å². The average Bonchev–Trinajstić information content (AvgIpc) is 2.20. The van der Waals surface area contributed by atoms with Gasteiger partial charge in [-0.05, 0) is 32.9 Å². The molecule has 0 radical (unpaired) electrons. The molecule has 0 spiro atoms. The standard InChI is InChI=1S/C12H20N2O2/c1-8(15)12(2,3)14-11-6-5-9(16-4)7-10(11)13/h5-8,14-15H,13H2,1-4H3. The zero-order valence-corrected chi connectivity index (χ0v) is 10.2. The number of methoxy groups -OCH3 is 1. The second-order valence-corrected chi connectivity index (χ2v) is 4.48. The lowest BCUT2D eigenvalue weighted by Crippen LogP contribution is -2.42. The number of nitrogens with one attached hydrogen (secondary N) is 1. The van der Waals surface area contributed by atoms with Gasteiger partial charge >= 0.3 is 0 Å². The molecule has 90 valence electrons. The van der Waals surface area contributed by atoms with Gasteiger partial charge in [-0.1, -0.05) is 0 Å². The van der Waals surface area contributed by atoms with Crippen molar-refractivity contribution in [1.29, 1.82) is 0 Å². The van der Waals surface area contributed by atoms with Crippen LogP contribution in [0.3, 0.4) is 0 Å². The van der Waals surface area contributed by atoms with Crippen LogP contribution in [0.5, 0.6) is 5.75 Å². The van der Waals surface area contributed by atoms with Gasteiger partial charge < -0.3 is 20.9 Å². The van der Waals surface area contributed by atoms with Crippen LogP contribution in [-0.2, 0) is 0 Å². The molecule has 0 fully saturated rings. The van der Waals surface area contributed by atoms with Crippen LogP contribution in [0.4, 0.5) is 11.4 Å². The molecule has 4 nitrogen and oxygen atoms in total. The van der Waals surface area contributed by atoms with Gasteiger partial charge in [-0.15, -0.1) is 0 Å². The minimum absolute atomic E-state index is 0.428. The van der Waals surface area contributed by atoms with Gasteiger partial charge in [-0.2, -0.15) is 0 Å². The minimum atomic E-state index is -0.478. The van der Waals surface area contributed by atoms with Gasteiger partial charge in [0.25, 0.3) is 0 Å². The number of hydrogen-bond donors (Lipinski definition) is 3. The molecule has 1 aromatic rings. The third-order valence-electron chi connectivity index (χ3n) is 2.76. The van der Waals surface area contributed by atoms with Crippen LogP contribution in [-0.4, -0.2) is 23.9 Å². The van der Waals surface area contributed by atoms with Gasteiger partial charge in [-0.25, -0.2) is 0 Å². The fraction of sp³-hybridized carbons (Fsp3) is 0.500. The van der Waals surface area contributed by atoms with E-state index in [0.29, 0.717) is 5.69 Å². The summed E-state index contributed by atoms with van der Waals surface area (Å²) in [5.41, 5.74) is 6.85. The highest BCUT2D eigenvalue weighted by Gasteiger charge is 2.24. The maximum atomic E-state index is 9.61. The van der Waals surface area contributed by atoms with Crippen molar-refractivity contribution in [2.75, 3.05) is 18.2 Å². The van der Waals surface area contributed by atoms with E-state index in [2.05, 4.69) is 5.32 Å². The zero-order valence-electron chi connectivity index (χ0n) is 10.2. The molecule has 1 atom stereocenters. The number of nitrogen functional groups attached to an aromatic ring is 1. The van der Waals surface area contributed by atoms with Crippen LogP contribution in [0.25, 0.3) is 0 Å². The van der Waals surface area contributed by atoms with Crippen LogP contribution in [0.1, 0.15) is 20.8 Å². The minimum Gasteiger partial charge on any atom is -0.497 e. The zero-order chi connectivity index (χ0) is 12.3. The van der Waals surface area contributed by atoms with E-state index < -0.39 is 11.6 Å². The topological polar surface area (TPSA) is 67.5 Å². The molecule has 1 aromatic carbocycles. The van der Waals surface area contributed by atoms with Crippen molar-refractivity contribution in [2.24, 2.45) is 0 Å². The molecule has 0 saturated carbocycles. The smallest absolute Gasteiger partial charge is 0.121 e. The van der Waals surface area contributed by atoms with Crippen LogP contribution < -0.4 is 15.8 Å². The van der Waals surface area contributed by atoms with Gasteiger partial charge in [-0.3, -0.25) is 0 Å². The van der Waals surface area contributed by atoms with Crippen molar-refractivity contribution in [3.63, 3.8) is 0 Å². The third-order valence-corrected chi connectivity index (χ3v) is 2.76. The number of aliphatic hydroxyl groups is 1. The molecule has 4 heteroatoms. The molecule has 0 bridgehead atoms. The highest BCUT2D eigenvalue weighted by atomic mass is 16.5. The lowest BCUT2D eigenvalue weighted by Gasteiger charge is -2.31. The Morgan fingerprint density at radius 1 is 1.44 bits per heavy atom. The SMILES string of the molecule is COc1ccc(NC(C)(C)C(C)O)c(N)c1. The Balaban J connectivity index is 2.90. The first-order valence-electron chi connectivity index (χ1n) is 5.26. The summed E-state index contributed by atoms with van der Waals surface area (Å²) in [4.78, 5) is 0. The largest absolute Gasteiger partial charge is 0.497 e. The van der Waals surface area contributed by atoms with E-state index in [1.165, 1.54) is 0 Å². The highest BCUT2D eigenvalue weighted by molar-refractivity contribution is 5.69. The van der Waals surface area contributed by atoms with Gasteiger partial charge in [0.15, 0.2) is 0 Å². The van der Waals surface area contributed by atoms with Crippen molar-refractivity contribution >= 4 is 11.4 Å². The summed E-state index contributed by atoms with van der Waals surface area (Å²) < 4.78 is 5.07. The number of anilines is 2. The molecule has 1 unspecified atom stereocenters. The van der Waals surface area contributed by atoms with E-state index in [-0.39, 0.29) is 0 Å². The molecule has 0 amide bonds. The summed E-state index contributed by atoms with van der Waals surface area (Å²) in [6.45, 7) is 5.58. The van der Waals surface area contributed by atoms with Crippen LogP contribution in [0.2, 0.25) is 0 Å². The van der Waals surface area contributed by atoms with Crippen LogP contribution in [0, 0.1) is 0 Å². The monoisotopic (exact) mass is 224 g/mol. The van der Waals surface area contributed by atoms with Gasteiger partial charge in [0.2, 0.25) is 0 Å². The molecule has 0 aromatic heterocycles. The lowest BCUT2D eigenvalue weighted by atomic mass is 9.98. The maximum Gasteiger partial charge on any atom is 0.121 e. The molecular weight excluding hydrogens is 204 g/mol. The molecule has 0 aliphatic rings. The Kier molecular flexibility index (Phi) is 3.65. The Labute approximate surface area is 96.4 Å². The number of hydrogen-bond acceptors (Lipinski definition) is 4. The second-order valence-electron chi connectivity index (χ2n) is 4.48. The summed E-state index contributed by atoms with van der Waals surface area (Å²) >= 11 is 0. The first-order chi connectivity index (χ1) is 7.36. The number of rotatable bonds is 4. The predicted molar refractivity (Wildman–Crippen MR) is 66.8 cm³/mol. The molecule has 4 N–H and O–H groups in total. The number of nitrogens with two attached hydrogens (primary N) is 1. The Bertz CT molecular complexity index is 362. The number of aliphatic hydroxyl groups excluding tert-OH is 1. The molecule has 0 heterocycles. The van der Waals surface area contributed by atoms with Crippen molar-refractivity contribution < 1.29 is 9.84 Å². The van der Waals surface area contributed by atoms with Gasteiger partial charge in [0, 0.05) is 6.07 Å². The first-order valence-corrected chi connectivity index (χ1v) is 5.26. The Morgan fingerprint density at radius 3 is 2.50 bits per heavy atom. The van der Waals surface area contributed by atoms with Gasteiger partial charge in [0.1, 0.15) is 5.75 Å². The normalized spacial score (nSPS) is 13.3. The van der Waals surface area contributed by atoms with Crippen molar-refractivity contribution in [3.8, 4) is 5.75 Å². The van der Waals surface area contributed by atoms with E-state index in [1.807, 2.05) is 26.0 Å². The first kappa shape index (κ1) is 12.6. The van der Waals surface area contributed by atoms with E-state index in [1.54, 1.807) is 20.1 Å². The molecule has 0 aliphatic carbocycles. The Morgan fingerprint density at radius 2 is 2.06 bits per heavy atom. The summed E-state index contributed by atoms with van der Waals surface area (Å²) in [6, 6.07) is 5.43. The molecular formula is C12H20N2O2. The average molecular weight is 224 g/mol. The summed E-state index contributed by atoms with van der Waals surface area (Å²) in [6.07, 6.45) is -0.478. The molecule has 0 aliphatic heterocycles. The second kappa shape index (κ2) is 4.61. The van der Waals surface area contributed by atoms with E-state index in [4.69, 9.17) is 10.5 Å². The highest BCUT2D eigenvalue weighted by Crippen LogP contribution is 2.27. The summed E-state index contributed by atoms with van der Waals surface area (Å²) in [5.74, 6) is 0.720. The lowest BCUT2D eigenvalue weighted by molar-refractivity contribution is 0.133.